The smallest absolute Gasteiger partial charge is 0.255 e. The highest BCUT2D eigenvalue weighted by Crippen LogP contribution is 2.36. The highest BCUT2D eigenvalue weighted by atomic mass is 16.3. The van der Waals surface area contributed by atoms with E-state index in [4.69, 9.17) is 0 Å². The average Bonchev–Trinajstić information content (AvgIpc) is 3.31. The minimum absolute atomic E-state index is 0.0309. The van der Waals surface area contributed by atoms with Gasteiger partial charge in [-0.05, 0) is 0 Å². The molecule has 0 amide bonds. The molecule has 60 heavy (non-hydrogen) atoms. The lowest BCUT2D eigenvalue weighted by Crippen LogP contribution is -2.25. The fourth-order valence-electron chi connectivity index (χ4n) is 7.17. The molecule has 0 bridgehead atoms. The number of hydrogen-bond acceptors (Lipinski definition) is 18. The van der Waals surface area contributed by atoms with Gasteiger partial charge < -0.3 is 5.11 Å². The van der Waals surface area contributed by atoms with Crippen molar-refractivity contribution in [1.82, 2.24) is 59.8 Å². The van der Waals surface area contributed by atoms with Crippen molar-refractivity contribution < 1.29 is 29.1 Å². The molecule has 1 unspecified atom stereocenters. The Morgan fingerprint density at radius 2 is 0.633 bits per heavy atom. The van der Waals surface area contributed by atoms with Crippen molar-refractivity contribution in [3.8, 4) is 79.2 Å². The zero-order chi connectivity index (χ0) is 40.8. The van der Waals surface area contributed by atoms with Crippen molar-refractivity contribution in [3.05, 3.63) is 132 Å². The van der Waals surface area contributed by atoms with Gasteiger partial charge in [-0.3, -0.25) is 38.9 Å². The molecule has 3 aliphatic rings. The Balaban J connectivity index is 0.854. The molecule has 3 aliphatic carbocycles. The van der Waals surface area contributed by atoms with Crippen LogP contribution in [-0.4, -0.2) is 93.8 Å². The molecule has 1 N–H and O–H groups in total. The van der Waals surface area contributed by atoms with Crippen molar-refractivity contribution in [2.45, 2.75) is 6.10 Å². The van der Waals surface area contributed by atoms with Gasteiger partial charge in [0.05, 0.1) is 47.6 Å². The fourth-order valence-corrected chi connectivity index (χ4v) is 7.17. The summed E-state index contributed by atoms with van der Waals surface area (Å²) in [5, 5.41) is 10.7. The maximum atomic E-state index is 13.5. The van der Waals surface area contributed by atoms with E-state index in [1.807, 2.05) is 0 Å². The van der Waals surface area contributed by atoms with E-state index < -0.39 is 35.0 Å². The first kappa shape index (κ1) is 34.5. The van der Waals surface area contributed by atoms with E-state index in [-0.39, 0.29) is 68.3 Å². The molecule has 2 aromatic carbocycles. The highest BCUT2D eigenvalue weighted by Gasteiger charge is 2.38. The Kier molecular flexibility index (Phi) is 7.40. The maximum absolute atomic E-state index is 13.5. The summed E-state index contributed by atoms with van der Waals surface area (Å²) in [7, 11) is 0. The van der Waals surface area contributed by atoms with E-state index in [9.17, 15) is 29.1 Å². The molecule has 282 valence electrons. The largest absolute Gasteiger partial charge is 0.378 e. The van der Waals surface area contributed by atoms with Gasteiger partial charge in [-0.15, -0.1) is 0 Å². The second-order valence-corrected chi connectivity index (χ2v) is 13.6. The molecule has 6 heterocycles. The lowest BCUT2D eigenvalue weighted by molar-refractivity contribution is 0.0728. The van der Waals surface area contributed by atoms with Crippen molar-refractivity contribution in [1.29, 1.82) is 0 Å². The van der Waals surface area contributed by atoms with Crippen molar-refractivity contribution in [2.24, 2.45) is 0 Å². The summed E-state index contributed by atoms with van der Waals surface area (Å²) in [6.07, 6.45) is 9.90. The van der Waals surface area contributed by atoms with E-state index in [2.05, 4.69) is 59.8 Å². The quantitative estimate of drug-likeness (QED) is 0.246. The summed E-state index contributed by atoms with van der Waals surface area (Å²) in [4.78, 5) is 117. The summed E-state index contributed by atoms with van der Waals surface area (Å²) < 4.78 is 0. The SMILES string of the molecule is O=C1C(=O)c2nc(-c3ccc(-c4cnc5c(n4)C(=O)C(=O)c4nc(-c6ccc(-c7cnc8c(n7)C(O)C(=O)c7nccnc7-8)cc6)cnc4-5)cc3)cnc2-c2nccnc21. The van der Waals surface area contributed by atoms with Crippen LogP contribution < -0.4 is 0 Å². The molecule has 0 radical (unpaired) electrons. The average molecular weight is 787 g/mol. The molecule has 11 rings (SSSR count). The topological polar surface area (TPSA) is 260 Å². The number of Topliss-reactive ketones (excluding diaryl/α,β-unsaturated/α-hetero) is 5. The normalized spacial score (nSPS) is 14.8. The second-order valence-electron chi connectivity index (χ2n) is 13.6. The van der Waals surface area contributed by atoms with Gasteiger partial charge in [-0.25, -0.2) is 44.9 Å². The molecule has 8 aromatic rings. The minimum atomic E-state index is -1.54. The van der Waals surface area contributed by atoms with Crippen molar-refractivity contribution in [3.63, 3.8) is 0 Å². The Bertz CT molecular complexity index is 3280. The fraction of sp³-hybridized carbons (Fsp3) is 0.0238. The van der Waals surface area contributed by atoms with Crippen LogP contribution >= 0.6 is 0 Å². The van der Waals surface area contributed by atoms with Gasteiger partial charge >= 0.3 is 0 Å². The number of fused-ring (bicyclic) bond motifs is 9. The molecule has 18 nitrogen and oxygen atoms in total. The van der Waals surface area contributed by atoms with E-state index in [0.29, 0.717) is 45.0 Å². The predicted molar refractivity (Wildman–Crippen MR) is 205 cm³/mol. The third-order valence-corrected chi connectivity index (χ3v) is 10.2. The van der Waals surface area contributed by atoms with Gasteiger partial charge in [0.2, 0.25) is 5.78 Å². The molecule has 6 aromatic heterocycles. The van der Waals surface area contributed by atoms with E-state index in [0.717, 1.165) is 0 Å². The molecular formula is C42H18N12O6. The van der Waals surface area contributed by atoms with E-state index in [1.165, 1.54) is 49.6 Å². The van der Waals surface area contributed by atoms with Crippen molar-refractivity contribution in [2.75, 3.05) is 0 Å². The van der Waals surface area contributed by atoms with E-state index >= 15 is 0 Å². The Morgan fingerprint density at radius 1 is 0.333 bits per heavy atom. The number of ketones is 5. The first-order valence-corrected chi connectivity index (χ1v) is 18.0. The number of carbonyl (C=O) groups is 5. The van der Waals surface area contributed by atoms with E-state index in [1.54, 1.807) is 48.5 Å². The summed E-state index contributed by atoms with van der Waals surface area (Å²) in [5.41, 5.74) is 4.41. The lowest BCUT2D eigenvalue weighted by atomic mass is 9.95. The minimum Gasteiger partial charge on any atom is -0.378 e. The van der Waals surface area contributed by atoms with Crippen LogP contribution in [0, 0.1) is 0 Å². The van der Waals surface area contributed by atoms with Gasteiger partial charge in [0.25, 0.3) is 23.1 Å². The summed E-state index contributed by atoms with van der Waals surface area (Å²) in [6.45, 7) is 0. The van der Waals surface area contributed by atoms with Crippen molar-refractivity contribution >= 4 is 28.9 Å². The first-order valence-electron chi connectivity index (χ1n) is 18.0. The van der Waals surface area contributed by atoms with Crippen LogP contribution in [0.3, 0.4) is 0 Å². The molecule has 18 heteroatoms. The molecule has 0 saturated carbocycles. The lowest BCUT2D eigenvalue weighted by Gasteiger charge is -2.20. The standard InChI is InChI=1S/C42H18N12O6/c55-37-31-25(43-9-11-45-31)27-33(39(37)57)51-21(13-47-27)17-1-5-19(6-2-17)23-15-49-29-30-36(42(60)41(59)35(29)53-23)54-24(16-50-30)20-7-3-18(4-8-20)22-14-48-28-26-32(46-12-10-44-26)38(56)40(58)34(28)52-22/h1-16,39,57H. The van der Waals surface area contributed by atoms with Gasteiger partial charge in [-0.1, -0.05) is 48.5 Å². The zero-order valence-electron chi connectivity index (χ0n) is 30.2. The van der Waals surface area contributed by atoms with Crippen LogP contribution in [0.15, 0.2) is 98.1 Å². The number of rotatable bonds is 4. The van der Waals surface area contributed by atoms with Gasteiger partial charge in [-0.2, -0.15) is 0 Å². The number of aromatic nitrogens is 12. The second kappa shape index (κ2) is 12.9. The van der Waals surface area contributed by atoms with Gasteiger partial charge in [0.1, 0.15) is 68.3 Å². The zero-order valence-corrected chi connectivity index (χ0v) is 30.2. The predicted octanol–water partition coefficient (Wildman–Crippen LogP) is 4.08. The van der Waals surface area contributed by atoms with Crippen LogP contribution in [-0.2, 0) is 0 Å². The monoisotopic (exact) mass is 786 g/mol. The Labute approximate surface area is 334 Å². The molecule has 0 aliphatic heterocycles. The number of hydrogen-bond donors (Lipinski definition) is 1. The molecular weight excluding hydrogens is 769 g/mol. The number of aliphatic hydroxyl groups is 1. The highest BCUT2D eigenvalue weighted by molar-refractivity contribution is 6.52. The summed E-state index contributed by atoms with van der Waals surface area (Å²) >= 11 is 0. The number of aliphatic hydroxyl groups excluding tert-OH is 1. The summed E-state index contributed by atoms with van der Waals surface area (Å²) in [6, 6.07) is 13.7. The Hall–Kier alpha value is -8.77. The van der Waals surface area contributed by atoms with Crippen LogP contribution in [0.4, 0.5) is 0 Å². The summed E-state index contributed by atoms with van der Waals surface area (Å²) in [5.74, 6) is -4.02. The van der Waals surface area contributed by atoms with Crippen LogP contribution in [0.5, 0.6) is 0 Å². The van der Waals surface area contributed by atoms with Gasteiger partial charge in [0, 0.05) is 47.0 Å². The molecule has 0 saturated heterocycles. The number of benzene rings is 2. The third-order valence-electron chi connectivity index (χ3n) is 10.2. The van der Waals surface area contributed by atoms with Crippen LogP contribution in [0.2, 0.25) is 0 Å². The molecule has 1 atom stereocenters. The van der Waals surface area contributed by atoms with Gasteiger partial charge in [0.15, 0.2) is 6.10 Å². The maximum Gasteiger partial charge on any atom is 0.255 e. The van der Waals surface area contributed by atoms with Crippen LogP contribution in [0.1, 0.15) is 64.2 Å². The number of nitrogens with zero attached hydrogens (tertiary/aromatic N) is 12. The number of carbonyl (C=O) groups excluding carboxylic acids is 5. The van der Waals surface area contributed by atoms with Crippen LogP contribution in [0.25, 0.3) is 79.2 Å². The third kappa shape index (κ3) is 5.14. The Morgan fingerprint density at radius 3 is 1.05 bits per heavy atom. The molecule has 0 spiro atoms. The first-order chi connectivity index (χ1) is 29.2. The molecule has 0 fully saturated rings.